The fraction of sp³-hybridized carbons (Fsp3) is 0.528. The highest BCUT2D eigenvalue weighted by molar-refractivity contribution is 5.80. The molecule has 0 radical (unpaired) electrons. The Labute approximate surface area is 881 Å². The zero-order chi connectivity index (χ0) is 111. The normalized spacial score (nSPS) is 11.3. The Morgan fingerprint density at radius 3 is 0.795 bits per heavy atom. The minimum absolute atomic E-state index is 0.0361. The topological polar surface area (TPSA) is 291 Å². The van der Waals surface area contributed by atoms with Crippen molar-refractivity contribution in [3.8, 4) is 0 Å². The molecule has 0 atom stereocenters. The average Bonchev–Trinajstić information content (AvgIpc) is 0.883. The van der Waals surface area contributed by atoms with Gasteiger partial charge in [0, 0.05) is 206 Å². The van der Waals surface area contributed by atoms with Gasteiger partial charge in [-0.1, -0.05) is 337 Å². The molecule has 5 heterocycles. The number of aryl methyl sites for hydroxylation is 6. The maximum absolute atomic E-state index is 12.0. The third kappa shape index (κ3) is 73.0. The molecule has 146 heavy (non-hydrogen) atoms. The zero-order valence-electron chi connectivity index (χ0n) is 96.8. The van der Waals surface area contributed by atoms with Crippen LogP contribution >= 0.6 is 0 Å². The van der Waals surface area contributed by atoms with Crippen molar-refractivity contribution < 1.29 is 43.2 Å². The fourth-order valence-corrected chi connectivity index (χ4v) is 13.4. The molecule has 23 nitrogen and oxygen atoms in total. The zero-order valence-corrected chi connectivity index (χ0v) is 96.8. The van der Waals surface area contributed by atoms with Crippen molar-refractivity contribution in [3.05, 3.63) is 291 Å². The van der Waals surface area contributed by atoms with E-state index in [2.05, 4.69) is 340 Å². The molecule has 9 rings (SSSR count). The van der Waals surface area contributed by atoms with Crippen LogP contribution in [0.3, 0.4) is 0 Å². The van der Waals surface area contributed by atoms with Gasteiger partial charge in [0.15, 0.2) is 0 Å². The minimum atomic E-state index is 0.0361. The number of hydrogen-bond donors (Lipinski definition) is 5. The van der Waals surface area contributed by atoms with E-state index in [1.165, 1.54) is 33.4 Å². The summed E-state index contributed by atoms with van der Waals surface area (Å²) < 4.78 is 0. The number of nitrogens with zero attached hydrogens (tertiary/aromatic N) is 9. The Morgan fingerprint density at radius 2 is 0.500 bits per heavy atom. The van der Waals surface area contributed by atoms with Crippen LogP contribution in [0, 0.1) is 83.4 Å². The lowest BCUT2D eigenvalue weighted by Gasteiger charge is -2.23. The Hall–Kier alpha value is -12.1. The van der Waals surface area contributed by atoms with Crippen molar-refractivity contribution in [1.29, 1.82) is 0 Å². The molecule has 5 N–H and O–H groups in total. The number of nitrogens with one attached hydrogen (secondary N) is 5. The summed E-state index contributed by atoms with van der Waals surface area (Å²) in [6, 6.07) is 52.5. The van der Waals surface area contributed by atoms with Gasteiger partial charge in [0.25, 0.3) is 0 Å². The number of benzene rings is 4. The molecule has 0 aliphatic rings. The van der Waals surface area contributed by atoms with Crippen molar-refractivity contribution in [2.75, 3.05) is 28.2 Å². The Morgan fingerprint density at radius 1 is 0.240 bits per heavy atom. The molecule has 0 saturated heterocycles. The van der Waals surface area contributed by atoms with E-state index < -0.39 is 0 Å². The van der Waals surface area contributed by atoms with Gasteiger partial charge < -0.3 is 46.2 Å². The quantitative estimate of drug-likeness (QED) is 0.0305. The largest absolute Gasteiger partial charge is 0.352 e. The number of carbonyl (C=O) groups excluding carboxylic acids is 9. The summed E-state index contributed by atoms with van der Waals surface area (Å²) in [5.74, 6) is 1.29. The van der Waals surface area contributed by atoms with Crippen molar-refractivity contribution in [2.24, 2.45) is 48.7 Å². The predicted octanol–water partition coefficient (Wildman–Crippen LogP) is 25.1. The number of pyridine rings is 5. The summed E-state index contributed by atoms with van der Waals surface area (Å²) in [5, 5.41) is 14.6. The first-order valence-corrected chi connectivity index (χ1v) is 51.3. The van der Waals surface area contributed by atoms with E-state index in [9.17, 15) is 43.2 Å². The van der Waals surface area contributed by atoms with E-state index in [4.69, 9.17) is 0 Å². The van der Waals surface area contributed by atoms with Gasteiger partial charge in [-0.15, -0.1) is 0 Å². The molecule has 0 aliphatic carbocycles. The van der Waals surface area contributed by atoms with Gasteiger partial charge in [0.1, 0.15) is 0 Å². The SMILES string of the molecule is CC(C)(C)CC(=O)NCc1cccnc1.CCc1ccc(CNC(=O)CC(C)(C)C)cn1.CN(Cc1cccnc1)C(=O)CC(C)(C)C.CN(Cc1ccncc1)C(=O)CC(C)(C)C.Cc1ccc(CN(C)C(=O)CC(C)(C)C)cc1.Cc1ccc(CNC(=O)CC(C)(C)C)cc1.Cc1ccc(CNC(=O)CC(C)(C)C)cn1.Cc1cccc(CN(C)C(=O)CC(C)(C)C)c1.Cc1cccc(CNC(=O)CC(C)(C)C)c1. The molecule has 0 unspecified atom stereocenters. The second kappa shape index (κ2) is 64.8. The molecule has 5 aromatic heterocycles. The van der Waals surface area contributed by atoms with Crippen LogP contribution in [-0.4, -0.2) is 126 Å². The molecule has 0 spiro atoms. The highest BCUT2D eigenvalue weighted by Gasteiger charge is 2.26. The predicted molar refractivity (Wildman–Crippen MR) is 602 cm³/mol. The minimum Gasteiger partial charge on any atom is -0.352 e. The molecule has 9 amide bonds. The maximum atomic E-state index is 12.0. The van der Waals surface area contributed by atoms with Gasteiger partial charge >= 0.3 is 0 Å². The van der Waals surface area contributed by atoms with Gasteiger partial charge in [-0.25, -0.2) is 0 Å². The molecule has 0 bridgehead atoms. The van der Waals surface area contributed by atoms with Crippen molar-refractivity contribution >= 4 is 53.2 Å². The lowest BCUT2D eigenvalue weighted by atomic mass is 9.91. The number of amides is 9. The van der Waals surface area contributed by atoms with E-state index in [0.29, 0.717) is 117 Å². The van der Waals surface area contributed by atoms with Crippen LogP contribution in [0.2, 0.25) is 0 Å². The van der Waals surface area contributed by atoms with E-state index in [1.807, 2.05) is 132 Å². The highest BCUT2D eigenvalue weighted by atomic mass is 16.2. The van der Waals surface area contributed by atoms with Gasteiger partial charge in [0.05, 0.1) is 0 Å². The highest BCUT2D eigenvalue weighted by Crippen LogP contribution is 2.27. The first-order valence-electron chi connectivity index (χ1n) is 51.3. The monoisotopic (exact) mass is 2010 g/mol. The molecule has 0 aliphatic heterocycles. The summed E-state index contributed by atoms with van der Waals surface area (Å²) in [6.07, 6.45) is 20.2. The average molecular weight is 2010 g/mol. The number of carbonyl (C=O) groups is 9. The summed E-state index contributed by atoms with van der Waals surface area (Å²) in [6.45, 7) is 73.7. The van der Waals surface area contributed by atoms with E-state index in [1.54, 1.807) is 63.0 Å². The second-order valence-corrected chi connectivity index (χ2v) is 49.4. The molecule has 4 aromatic carbocycles. The molecule has 0 fully saturated rings. The molecule has 804 valence electrons. The molecule has 23 heteroatoms. The van der Waals surface area contributed by atoms with Crippen LogP contribution in [-0.2, 0) is 108 Å². The Bertz CT molecular complexity index is 5130. The number of hydrogen-bond acceptors (Lipinski definition) is 14. The van der Waals surface area contributed by atoms with Crippen LogP contribution < -0.4 is 26.6 Å². The van der Waals surface area contributed by atoms with Crippen molar-refractivity contribution in [3.63, 3.8) is 0 Å². The van der Waals surface area contributed by atoms with Gasteiger partial charge in [0.2, 0.25) is 53.2 Å². The van der Waals surface area contributed by atoms with Crippen LogP contribution in [0.5, 0.6) is 0 Å². The summed E-state index contributed by atoms with van der Waals surface area (Å²) in [5.41, 5.74) is 17.4. The smallest absolute Gasteiger partial charge is 0.223 e. The van der Waals surface area contributed by atoms with E-state index in [-0.39, 0.29) is 102 Å². The molecule has 9 aromatic rings. The Kier molecular flexibility index (Phi) is 58.5. The van der Waals surface area contributed by atoms with Crippen molar-refractivity contribution in [2.45, 2.75) is 352 Å². The second-order valence-electron chi connectivity index (χ2n) is 49.4. The van der Waals surface area contributed by atoms with Crippen molar-refractivity contribution in [1.82, 2.24) is 71.1 Å². The van der Waals surface area contributed by atoms with E-state index in [0.717, 1.165) is 56.8 Å². The molecular weight excluding hydrogens is 1820 g/mol. The molecule has 0 saturated carbocycles. The lowest BCUT2D eigenvalue weighted by molar-refractivity contribution is -0.133. The number of rotatable bonds is 28. The standard InChI is InChI=1S/2C15H23NO.C14H22N2O.2C14H21NO.3C13H20N2O.C12H18N2O/c1-12-6-8-13(9-7-12)11-16(5)14(17)10-15(2,3)4;1-12-7-6-8-13(9-12)11-16(5)14(17)10-15(2,3)4;1-5-12-7-6-11(9-15-12)10-16-13(17)8-14(2,3)4;1-11-5-7-12(8-6-11)10-15-13(16)9-14(2,3)4;1-11-6-5-7-12(8-11)10-15-13(16)9-14(2,3)4;1-13(2,3)9-12(16)15(4)10-11-5-7-14-8-6-11;1-10-5-6-11(8-14-10)9-15-12(16)7-13(2,3)4;1-13(2,3)8-12(16)15(4)10-11-6-5-7-14-9-11;1-12(2,3)7-11(15)14-9-10-5-4-6-13-8-10/h2*6-9H,10-11H2,1-5H3;6-7,9H,5,8,10H2,1-4H3,(H,16,17);2*5-8H,9-10H2,1-4H3,(H,15,16);5-8H,9-10H2,1-4H3;5-6,8H,7,9H2,1-4H3,(H,15,16);5-7,9H,8,10H2,1-4H3;4-6,8H,7,9H2,1-3H3,(H,14,15). The van der Waals surface area contributed by atoms with Gasteiger partial charge in [-0.3, -0.25) is 68.1 Å². The van der Waals surface area contributed by atoms with Crippen LogP contribution in [0.4, 0.5) is 0 Å². The first kappa shape index (κ1) is 132. The summed E-state index contributed by atoms with van der Waals surface area (Å²) in [4.78, 5) is 133. The summed E-state index contributed by atoms with van der Waals surface area (Å²) in [7, 11) is 7.42. The van der Waals surface area contributed by atoms with Crippen LogP contribution in [0.1, 0.15) is 335 Å². The third-order valence-corrected chi connectivity index (χ3v) is 20.8. The number of aromatic nitrogens is 5. The van der Waals surface area contributed by atoms with Gasteiger partial charge in [-0.2, -0.15) is 0 Å². The maximum Gasteiger partial charge on any atom is 0.223 e. The van der Waals surface area contributed by atoms with Crippen LogP contribution in [0.25, 0.3) is 0 Å². The first-order chi connectivity index (χ1) is 67.3. The van der Waals surface area contributed by atoms with Gasteiger partial charge in [-0.05, 0) is 176 Å². The Balaban J connectivity index is 0.000000821. The molecular formula is C123H188N14O9. The fourth-order valence-electron chi connectivity index (χ4n) is 13.4. The lowest BCUT2D eigenvalue weighted by Crippen LogP contribution is -2.29. The van der Waals surface area contributed by atoms with E-state index >= 15 is 0 Å². The third-order valence-electron chi connectivity index (χ3n) is 20.8. The van der Waals surface area contributed by atoms with Crippen LogP contribution in [0.15, 0.2) is 207 Å². The summed E-state index contributed by atoms with van der Waals surface area (Å²) >= 11 is 0.